The van der Waals surface area contributed by atoms with Crippen molar-refractivity contribution in [2.75, 3.05) is 18.2 Å². The van der Waals surface area contributed by atoms with Crippen LogP contribution in [0.1, 0.15) is 56.6 Å². The second kappa shape index (κ2) is 16.1. The SMILES string of the molecule is CC.COc1ccc(C2CCC(Nc3nccc(-c4cnn(C)c4N)n3)CC2)cc1C.N[S-].[Cs+]. The zero-order valence-corrected chi connectivity index (χ0v) is 28.3. The van der Waals surface area contributed by atoms with Gasteiger partial charge in [0.1, 0.15) is 11.6 Å². The summed E-state index contributed by atoms with van der Waals surface area (Å²) >= 11 is 3.58. The minimum Gasteiger partial charge on any atom is -0.709 e. The summed E-state index contributed by atoms with van der Waals surface area (Å²) in [7, 11) is 3.54. The maximum Gasteiger partial charge on any atom is 1.00 e. The number of nitrogens with two attached hydrogens (primary N) is 2. The molecule has 1 aliphatic rings. The minimum atomic E-state index is 0. The van der Waals surface area contributed by atoms with Crippen LogP contribution in [0.25, 0.3) is 11.3 Å². The molecule has 0 unspecified atom stereocenters. The summed E-state index contributed by atoms with van der Waals surface area (Å²) in [5, 5.41) is 11.8. The predicted octanol–water partition coefficient (Wildman–Crippen LogP) is 1.35. The van der Waals surface area contributed by atoms with Crippen molar-refractivity contribution in [1.82, 2.24) is 19.7 Å². The van der Waals surface area contributed by atoms with Crippen LogP contribution in [-0.4, -0.2) is 32.9 Å². The third-order valence-corrected chi connectivity index (χ3v) is 5.87. The van der Waals surface area contributed by atoms with E-state index in [0.29, 0.717) is 23.7 Å². The number of hydrogen-bond acceptors (Lipinski definition) is 8. The van der Waals surface area contributed by atoms with Gasteiger partial charge in [-0.1, -0.05) is 26.0 Å². The van der Waals surface area contributed by atoms with Gasteiger partial charge in [-0.05, 0) is 61.8 Å². The maximum atomic E-state index is 6.08. The Morgan fingerprint density at radius 3 is 2.35 bits per heavy atom. The van der Waals surface area contributed by atoms with Gasteiger partial charge in [-0.3, -0.25) is 4.68 Å². The van der Waals surface area contributed by atoms with Gasteiger partial charge in [-0.15, -0.1) is 0 Å². The van der Waals surface area contributed by atoms with Crippen LogP contribution in [0.3, 0.4) is 0 Å². The summed E-state index contributed by atoms with van der Waals surface area (Å²) in [4.78, 5) is 9.05. The number of anilines is 2. The first-order valence-corrected chi connectivity index (χ1v) is 11.8. The second-order valence-corrected chi connectivity index (χ2v) is 7.75. The van der Waals surface area contributed by atoms with Crippen molar-refractivity contribution in [3.8, 4) is 17.0 Å². The van der Waals surface area contributed by atoms with Crippen LogP contribution < -0.4 is 89.8 Å². The number of rotatable bonds is 5. The Kier molecular flexibility index (Phi) is 14.8. The molecule has 2 aromatic heterocycles. The average Bonchev–Trinajstić information content (AvgIpc) is 3.20. The zero-order chi connectivity index (χ0) is 24.4. The average molecular weight is 604 g/mol. The molecule has 4 rings (SSSR count). The topological polar surface area (TPSA) is 117 Å². The molecule has 0 spiro atoms. The van der Waals surface area contributed by atoms with Crippen LogP contribution in [0.15, 0.2) is 36.7 Å². The molecule has 1 aliphatic carbocycles. The standard InChI is InChI=1S/C22H28N6O.C2H6.Cs.H2NS/c1-14-12-16(6-9-20(14)29-3)15-4-7-17(8-5-15)26-22-24-11-10-19(27-22)18-13-25-28(2)21(18)23;1-2;;1-2/h6,9-13,15,17H,4-5,7-8,23H2,1-3H3,(H,24,26,27);1-2H3;;1H2/q;;+1;-1. The first kappa shape index (κ1) is 31.3. The van der Waals surface area contributed by atoms with E-state index in [0.717, 1.165) is 42.7 Å². The number of ether oxygens (including phenoxy) is 1. The summed E-state index contributed by atoms with van der Waals surface area (Å²) in [5.74, 6) is 2.80. The van der Waals surface area contributed by atoms with Gasteiger partial charge in [0, 0.05) is 19.3 Å². The molecule has 5 N–H and O–H groups in total. The van der Waals surface area contributed by atoms with E-state index < -0.39 is 0 Å². The molecule has 180 valence electrons. The van der Waals surface area contributed by atoms with Crippen LogP contribution in [0.5, 0.6) is 5.75 Å². The Balaban J connectivity index is 0.00000110. The molecule has 1 saturated carbocycles. The number of aryl methyl sites for hydroxylation is 2. The van der Waals surface area contributed by atoms with Gasteiger partial charge in [-0.2, -0.15) is 5.10 Å². The Bertz CT molecular complexity index is 1010. The number of nitrogens with one attached hydrogen (secondary N) is 1. The monoisotopic (exact) mass is 603 g/mol. The van der Waals surface area contributed by atoms with Crippen molar-refractivity contribution in [1.29, 1.82) is 0 Å². The third kappa shape index (κ3) is 8.16. The Morgan fingerprint density at radius 2 is 1.79 bits per heavy atom. The Morgan fingerprint density at radius 1 is 1.12 bits per heavy atom. The fourth-order valence-corrected chi connectivity index (χ4v) is 4.13. The summed E-state index contributed by atoms with van der Waals surface area (Å²) in [5.41, 5.74) is 10.3. The van der Waals surface area contributed by atoms with E-state index in [-0.39, 0.29) is 68.9 Å². The summed E-state index contributed by atoms with van der Waals surface area (Å²) < 4.78 is 7.03. The zero-order valence-electron chi connectivity index (χ0n) is 21.2. The fourth-order valence-electron chi connectivity index (χ4n) is 4.13. The van der Waals surface area contributed by atoms with Crippen LogP contribution >= 0.6 is 0 Å². The van der Waals surface area contributed by atoms with Crippen molar-refractivity contribution in [2.24, 2.45) is 12.2 Å². The molecule has 0 bridgehead atoms. The predicted molar refractivity (Wildman–Crippen MR) is 138 cm³/mol. The summed E-state index contributed by atoms with van der Waals surface area (Å²) in [6, 6.07) is 8.80. The molecule has 2 heterocycles. The minimum absolute atomic E-state index is 0. The van der Waals surface area contributed by atoms with Crippen LogP contribution in [0, 0.1) is 6.92 Å². The van der Waals surface area contributed by atoms with E-state index >= 15 is 0 Å². The van der Waals surface area contributed by atoms with Gasteiger partial charge in [0.15, 0.2) is 0 Å². The number of nitrogens with zero attached hydrogens (tertiary/aromatic N) is 4. The number of benzene rings is 1. The first-order chi connectivity index (χ1) is 16.0. The van der Waals surface area contributed by atoms with E-state index in [1.165, 1.54) is 11.1 Å². The molecule has 0 radical (unpaired) electrons. The normalized spacial score (nSPS) is 16.7. The van der Waals surface area contributed by atoms with E-state index in [1.807, 2.05) is 27.0 Å². The van der Waals surface area contributed by atoms with Crippen molar-refractivity contribution >= 4 is 24.6 Å². The van der Waals surface area contributed by atoms with E-state index in [9.17, 15) is 0 Å². The molecule has 1 fully saturated rings. The first-order valence-electron chi connectivity index (χ1n) is 11.3. The van der Waals surface area contributed by atoms with E-state index in [2.05, 4.69) is 63.5 Å². The Labute approximate surface area is 268 Å². The van der Waals surface area contributed by atoms with Gasteiger partial charge < -0.3 is 33.7 Å². The van der Waals surface area contributed by atoms with Gasteiger partial charge in [0.05, 0.1) is 24.6 Å². The fraction of sp³-hybridized carbons (Fsp3) is 0.458. The molecule has 10 heteroatoms. The number of methoxy groups -OCH3 is 1. The van der Waals surface area contributed by atoms with Crippen LogP contribution in [0.4, 0.5) is 11.8 Å². The van der Waals surface area contributed by atoms with Gasteiger partial charge in [0.2, 0.25) is 5.95 Å². The molecule has 3 aromatic rings. The number of hydrogen-bond donors (Lipinski definition) is 3. The van der Waals surface area contributed by atoms with E-state index in [4.69, 9.17) is 10.5 Å². The molecule has 34 heavy (non-hydrogen) atoms. The summed E-state index contributed by atoms with van der Waals surface area (Å²) in [6.45, 7) is 6.11. The van der Waals surface area contributed by atoms with Crippen LogP contribution in [-0.2, 0) is 19.9 Å². The van der Waals surface area contributed by atoms with Crippen molar-refractivity contribution in [3.05, 3.63) is 47.8 Å². The molecule has 0 amide bonds. The molecule has 8 nitrogen and oxygen atoms in total. The maximum absolute atomic E-state index is 6.08. The quantitative estimate of drug-likeness (QED) is 0.375. The number of aromatic nitrogens is 4. The van der Waals surface area contributed by atoms with Crippen molar-refractivity contribution < 1.29 is 73.6 Å². The molecular weight excluding hydrogens is 567 g/mol. The van der Waals surface area contributed by atoms with Gasteiger partial charge >= 0.3 is 68.9 Å². The molecule has 0 saturated heterocycles. The van der Waals surface area contributed by atoms with Gasteiger partial charge in [-0.25, -0.2) is 9.97 Å². The molecule has 1 aromatic carbocycles. The molecule has 0 aliphatic heterocycles. The Hall–Kier alpha value is -0.728. The third-order valence-electron chi connectivity index (χ3n) is 5.87. The number of nitrogen functional groups attached to an aromatic ring is 1. The molecular formula is C24H36CsN7OS. The van der Waals surface area contributed by atoms with Crippen LogP contribution in [0.2, 0.25) is 0 Å². The van der Waals surface area contributed by atoms with E-state index in [1.54, 1.807) is 24.2 Å². The largest absolute Gasteiger partial charge is 1.00 e. The van der Waals surface area contributed by atoms with Crippen molar-refractivity contribution in [2.45, 2.75) is 58.4 Å². The van der Waals surface area contributed by atoms with Gasteiger partial charge in [0.25, 0.3) is 0 Å². The smallest absolute Gasteiger partial charge is 0.709 e. The summed E-state index contributed by atoms with van der Waals surface area (Å²) in [6.07, 6.45) is 8.00. The molecule has 0 atom stereocenters. The van der Waals surface area contributed by atoms with Crippen molar-refractivity contribution in [3.63, 3.8) is 0 Å². The second-order valence-electron chi connectivity index (χ2n) is 7.75.